The summed E-state index contributed by atoms with van der Waals surface area (Å²) in [7, 11) is 0. The highest BCUT2D eigenvalue weighted by molar-refractivity contribution is 5.69. The predicted molar refractivity (Wildman–Crippen MR) is 59.5 cm³/mol. The van der Waals surface area contributed by atoms with Crippen LogP contribution in [-0.2, 0) is 14.6 Å². The number of rotatable bonds is 8. The summed E-state index contributed by atoms with van der Waals surface area (Å²) >= 11 is 0. The summed E-state index contributed by atoms with van der Waals surface area (Å²) in [6, 6.07) is 0. The largest absolute Gasteiger partial charge is 0.547 e. The number of carbonyl (C=O) groups is 1. The maximum atomic E-state index is 10.8. The van der Waals surface area contributed by atoms with Gasteiger partial charge in [-0.3, -0.25) is 0 Å². The summed E-state index contributed by atoms with van der Waals surface area (Å²) in [4.78, 5) is 20.6. The van der Waals surface area contributed by atoms with E-state index in [1.54, 1.807) is 20.8 Å². The number of unbranched alkanes of at least 4 members (excludes halogenated alkanes) is 3. The van der Waals surface area contributed by atoms with E-state index in [1.165, 1.54) is 0 Å². The fourth-order valence-corrected chi connectivity index (χ4v) is 1.16. The van der Waals surface area contributed by atoms with Crippen LogP contribution in [0.5, 0.6) is 0 Å². The highest BCUT2D eigenvalue weighted by Crippen LogP contribution is 2.13. The van der Waals surface area contributed by atoms with E-state index >= 15 is 0 Å². The lowest BCUT2D eigenvalue weighted by atomic mass is 10.1. The molecule has 0 amide bonds. The lowest BCUT2D eigenvalue weighted by molar-refractivity contribution is -0.392. The Morgan fingerprint density at radius 3 is 2.31 bits per heavy atom. The van der Waals surface area contributed by atoms with Gasteiger partial charge in [0, 0.05) is 0 Å². The van der Waals surface area contributed by atoms with Gasteiger partial charge in [0.25, 0.3) is 0 Å². The molecule has 0 aromatic rings. The van der Waals surface area contributed by atoms with Crippen LogP contribution in [0.4, 0.5) is 0 Å². The Morgan fingerprint density at radius 1 is 1.25 bits per heavy atom. The van der Waals surface area contributed by atoms with Crippen molar-refractivity contribution in [1.29, 1.82) is 0 Å². The van der Waals surface area contributed by atoms with Crippen LogP contribution in [0.25, 0.3) is 0 Å². The fraction of sp³-hybridized carbons (Fsp3) is 0.917. The quantitative estimate of drug-likeness (QED) is 0.363. The van der Waals surface area contributed by atoms with Crippen molar-refractivity contribution in [3.63, 3.8) is 0 Å². The molecule has 96 valence electrons. The molecule has 0 aliphatic carbocycles. The minimum absolute atomic E-state index is 0.443. The number of carboxylic acids is 1. The Morgan fingerprint density at radius 2 is 1.88 bits per heavy atom. The van der Waals surface area contributed by atoms with Crippen molar-refractivity contribution in [3.8, 4) is 0 Å². The molecule has 0 N–H and O–H groups in total. The number of carbonyl (C=O) groups excluding carboxylic acids is 1. The van der Waals surface area contributed by atoms with Crippen LogP contribution in [0.2, 0.25) is 0 Å². The predicted octanol–water partition coefficient (Wildman–Crippen LogP) is 1.82. The smallest absolute Gasteiger partial charge is 0.132 e. The first-order chi connectivity index (χ1) is 7.37. The van der Waals surface area contributed by atoms with Crippen molar-refractivity contribution in [2.24, 2.45) is 0 Å². The van der Waals surface area contributed by atoms with Crippen molar-refractivity contribution in [3.05, 3.63) is 0 Å². The van der Waals surface area contributed by atoms with Crippen LogP contribution in [0, 0.1) is 0 Å². The van der Waals surface area contributed by atoms with Crippen molar-refractivity contribution < 1.29 is 19.7 Å². The van der Waals surface area contributed by atoms with Crippen LogP contribution in [0.1, 0.15) is 59.8 Å². The molecule has 4 heteroatoms. The molecular formula is C12H23O4-. The van der Waals surface area contributed by atoms with Crippen LogP contribution < -0.4 is 5.11 Å². The molecule has 0 rings (SSSR count). The van der Waals surface area contributed by atoms with E-state index in [0.717, 1.165) is 25.7 Å². The summed E-state index contributed by atoms with van der Waals surface area (Å²) in [5.74, 6) is -1.21. The minimum Gasteiger partial charge on any atom is -0.547 e. The van der Waals surface area contributed by atoms with Crippen LogP contribution >= 0.6 is 0 Å². The second-order valence-electron chi connectivity index (χ2n) is 4.95. The number of hydrogen-bond donors (Lipinski definition) is 0. The van der Waals surface area contributed by atoms with Crippen molar-refractivity contribution >= 4 is 5.97 Å². The van der Waals surface area contributed by atoms with Gasteiger partial charge in [0.05, 0.1) is 11.6 Å². The van der Waals surface area contributed by atoms with Gasteiger partial charge in [0.15, 0.2) is 0 Å². The van der Waals surface area contributed by atoms with Gasteiger partial charge in [0.1, 0.15) is 6.10 Å². The summed E-state index contributed by atoms with van der Waals surface area (Å²) in [5.41, 5.74) is -0.503. The molecule has 0 bridgehead atoms. The third kappa shape index (κ3) is 8.68. The molecule has 0 saturated carbocycles. The summed E-state index contributed by atoms with van der Waals surface area (Å²) in [5, 5.41) is 10.8. The molecule has 4 nitrogen and oxygen atoms in total. The summed E-state index contributed by atoms with van der Waals surface area (Å²) in [6.07, 6.45) is 3.54. The summed E-state index contributed by atoms with van der Waals surface area (Å²) < 4.78 is 0. The molecule has 1 atom stereocenters. The first kappa shape index (κ1) is 15.4. The zero-order chi connectivity index (χ0) is 12.6. The van der Waals surface area contributed by atoms with Crippen molar-refractivity contribution in [1.82, 2.24) is 0 Å². The zero-order valence-electron chi connectivity index (χ0n) is 10.7. The highest BCUT2D eigenvalue weighted by Gasteiger charge is 2.17. The SMILES string of the molecule is CCCCCCC(OOC(C)(C)C)C(=O)[O-]. The number of carboxylic acid groups (broad SMARTS) is 1. The molecule has 1 unspecified atom stereocenters. The Labute approximate surface area is 97.9 Å². The standard InChI is InChI=1S/C12H24O4/c1-5-6-7-8-9-10(11(13)14)15-16-12(2,3)4/h10H,5-9H2,1-4H3,(H,13,14)/p-1. The van der Waals surface area contributed by atoms with Crippen LogP contribution in [0.15, 0.2) is 0 Å². The minimum atomic E-state index is -1.21. The number of aliphatic carboxylic acids is 1. The van der Waals surface area contributed by atoms with E-state index in [1.807, 2.05) is 0 Å². The second-order valence-corrected chi connectivity index (χ2v) is 4.95. The lowest BCUT2D eigenvalue weighted by Gasteiger charge is -2.23. The number of hydrogen-bond acceptors (Lipinski definition) is 4. The lowest BCUT2D eigenvalue weighted by Crippen LogP contribution is -2.39. The van der Waals surface area contributed by atoms with Crippen LogP contribution in [-0.4, -0.2) is 17.7 Å². The van der Waals surface area contributed by atoms with Gasteiger partial charge in [-0.2, -0.15) is 0 Å². The first-order valence-electron chi connectivity index (χ1n) is 5.92. The van der Waals surface area contributed by atoms with Gasteiger partial charge < -0.3 is 9.90 Å². The van der Waals surface area contributed by atoms with E-state index in [9.17, 15) is 9.90 Å². The normalized spacial score (nSPS) is 13.8. The molecule has 0 heterocycles. The molecule has 0 spiro atoms. The Balaban J connectivity index is 3.85. The topological polar surface area (TPSA) is 58.6 Å². The fourth-order valence-electron chi connectivity index (χ4n) is 1.16. The Kier molecular flexibility index (Phi) is 7.34. The third-order valence-corrected chi connectivity index (χ3v) is 2.00. The van der Waals surface area contributed by atoms with Gasteiger partial charge in [-0.05, 0) is 27.2 Å². The van der Waals surface area contributed by atoms with Gasteiger partial charge in [-0.25, -0.2) is 9.78 Å². The maximum Gasteiger partial charge on any atom is 0.132 e. The molecule has 0 saturated heterocycles. The van der Waals surface area contributed by atoms with Crippen molar-refractivity contribution in [2.45, 2.75) is 71.5 Å². The summed E-state index contributed by atoms with van der Waals surface area (Å²) in [6.45, 7) is 7.51. The van der Waals surface area contributed by atoms with Gasteiger partial charge in [-0.15, -0.1) is 0 Å². The van der Waals surface area contributed by atoms with Gasteiger partial charge in [-0.1, -0.05) is 32.6 Å². The molecule has 0 aliphatic heterocycles. The van der Waals surface area contributed by atoms with Gasteiger partial charge >= 0.3 is 0 Å². The van der Waals surface area contributed by atoms with Gasteiger partial charge in [0.2, 0.25) is 0 Å². The Bertz CT molecular complexity index is 196. The molecule has 0 fully saturated rings. The zero-order valence-corrected chi connectivity index (χ0v) is 10.7. The third-order valence-electron chi connectivity index (χ3n) is 2.00. The van der Waals surface area contributed by atoms with Crippen LogP contribution in [0.3, 0.4) is 0 Å². The molecule has 16 heavy (non-hydrogen) atoms. The Hall–Kier alpha value is -0.610. The van der Waals surface area contributed by atoms with E-state index in [2.05, 4.69) is 6.92 Å². The monoisotopic (exact) mass is 231 g/mol. The molecule has 0 radical (unpaired) electrons. The van der Waals surface area contributed by atoms with E-state index in [-0.39, 0.29) is 0 Å². The van der Waals surface area contributed by atoms with E-state index in [4.69, 9.17) is 9.78 Å². The first-order valence-corrected chi connectivity index (χ1v) is 5.92. The second kappa shape index (κ2) is 7.63. The van der Waals surface area contributed by atoms with Crippen molar-refractivity contribution in [2.75, 3.05) is 0 Å². The van der Waals surface area contributed by atoms with E-state index in [0.29, 0.717) is 6.42 Å². The molecule has 0 aromatic heterocycles. The average molecular weight is 231 g/mol. The van der Waals surface area contributed by atoms with E-state index < -0.39 is 17.7 Å². The molecular weight excluding hydrogens is 208 g/mol. The molecule has 0 aromatic carbocycles. The average Bonchev–Trinajstić information content (AvgIpc) is 2.14. The maximum absolute atomic E-state index is 10.8. The molecule has 0 aliphatic rings. The highest BCUT2D eigenvalue weighted by atomic mass is 17.2.